The van der Waals surface area contributed by atoms with E-state index in [0.29, 0.717) is 6.42 Å². The van der Waals surface area contributed by atoms with Crippen molar-refractivity contribution in [3.63, 3.8) is 0 Å². The molecular formula is C18H17N5O. The van der Waals surface area contributed by atoms with Crippen LogP contribution in [0.3, 0.4) is 0 Å². The number of carbonyl (C=O) groups is 1. The minimum atomic E-state index is -0.646. The van der Waals surface area contributed by atoms with Crippen molar-refractivity contribution in [3.05, 3.63) is 72.1 Å². The molecule has 3 N–H and O–H groups in total. The zero-order chi connectivity index (χ0) is 16.8. The normalized spacial score (nSPS) is 12.4. The van der Waals surface area contributed by atoms with Crippen molar-refractivity contribution in [2.45, 2.75) is 12.5 Å². The molecule has 0 fully saturated rings. The van der Waals surface area contributed by atoms with Gasteiger partial charge in [-0.2, -0.15) is 5.10 Å². The molecule has 0 aliphatic heterocycles. The van der Waals surface area contributed by atoms with Gasteiger partial charge in [0, 0.05) is 12.4 Å². The van der Waals surface area contributed by atoms with Crippen molar-refractivity contribution in [2.24, 2.45) is 10.8 Å². The average molecular weight is 319 g/mol. The van der Waals surface area contributed by atoms with Crippen molar-refractivity contribution in [1.29, 1.82) is 0 Å². The van der Waals surface area contributed by atoms with Gasteiger partial charge in [0.05, 0.1) is 23.3 Å². The Balaban J connectivity index is 1.59. The van der Waals surface area contributed by atoms with Crippen LogP contribution in [0.4, 0.5) is 0 Å². The smallest absolute Gasteiger partial charge is 0.257 e. The van der Waals surface area contributed by atoms with E-state index in [0.717, 1.165) is 22.2 Å². The van der Waals surface area contributed by atoms with Gasteiger partial charge in [0.15, 0.2) is 0 Å². The van der Waals surface area contributed by atoms with Crippen LogP contribution < -0.4 is 11.2 Å². The van der Waals surface area contributed by atoms with Gasteiger partial charge in [0.25, 0.3) is 5.91 Å². The summed E-state index contributed by atoms with van der Waals surface area (Å²) in [5, 5.41) is 3.96. The van der Waals surface area contributed by atoms with Gasteiger partial charge in [-0.3, -0.25) is 14.8 Å². The lowest BCUT2D eigenvalue weighted by atomic mass is 10.1. The molecule has 0 aliphatic rings. The first-order valence-electron chi connectivity index (χ1n) is 7.55. The standard InChI is InChI=1S/C18H17N5O/c19-15(10-13-4-2-1-3-5-13)18(24)23-22-12-14-6-7-16-17(11-14)21-9-8-20-16/h1-9,11-12,15H,10,19H2,(H,23,24). The van der Waals surface area contributed by atoms with E-state index in [9.17, 15) is 4.79 Å². The molecule has 1 heterocycles. The summed E-state index contributed by atoms with van der Waals surface area (Å²) >= 11 is 0. The molecule has 24 heavy (non-hydrogen) atoms. The molecule has 6 nitrogen and oxygen atoms in total. The van der Waals surface area contributed by atoms with Crippen LogP contribution in [0, 0.1) is 0 Å². The second kappa shape index (κ2) is 7.43. The second-order valence-electron chi connectivity index (χ2n) is 5.33. The van der Waals surface area contributed by atoms with Gasteiger partial charge >= 0.3 is 0 Å². The Morgan fingerprint density at radius 2 is 1.88 bits per heavy atom. The molecule has 0 saturated carbocycles. The molecule has 1 atom stereocenters. The fraction of sp³-hybridized carbons (Fsp3) is 0.111. The molecule has 0 bridgehead atoms. The largest absolute Gasteiger partial charge is 0.320 e. The number of rotatable bonds is 5. The Kier molecular flexibility index (Phi) is 4.88. The second-order valence-corrected chi connectivity index (χ2v) is 5.33. The van der Waals surface area contributed by atoms with Gasteiger partial charge in [0.1, 0.15) is 0 Å². The van der Waals surface area contributed by atoms with E-state index in [1.54, 1.807) is 18.6 Å². The van der Waals surface area contributed by atoms with E-state index in [4.69, 9.17) is 5.73 Å². The van der Waals surface area contributed by atoms with Crippen LogP contribution >= 0.6 is 0 Å². The maximum Gasteiger partial charge on any atom is 0.257 e. The van der Waals surface area contributed by atoms with E-state index in [1.807, 2.05) is 48.5 Å². The quantitative estimate of drug-likeness (QED) is 0.552. The van der Waals surface area contributed by atoms with Crippen LogP contribution in [0.1, 0.15) is 11.1 Å². The lowest BCUT2D eigenvalue weighted by Gasteiger charge is -2.09. The summed E-state index contributed by atoms with van der Waals surface area (Å²) in [5.74, 6) is -0.323. The molecule has 1 unspecified atom stereocenters. The van der Waals surface area contributed by atoms with E-state index in [2.05, 4.69) is 20.5 Å². The minimum absolute atomic E-state index is 0.323. The fourth-order valence-corrected chi connectivity index (χ4v) is 2.27. The lowest BCUT2D eigenvalue weighted by Crippen LogP contribution is -2.39. The van der Waals surface area contributed by atoms with Gasteiger partial charge in [-0.15, -0.1) is 0 Å². The van der Waals surface area contributed by atoms with Crippen molar-refractivity contribution >= 4 is 23.2 Å². The minimum Gasteiger partial charge on any atom is -0.320 e. The summed E-state index contributed by atoms with van der Waals surface area (Å²) in [5.41, 5.74) is 11.8. The number of benzene rings is 2. The van der Waals surface area contributed by atoms with Crippen molar-refractivity contribution in [3.8, 4) is 0 Å². The summed E-state index contributed by atoms with van der Waals surface area (Å²) in [6, 6.07) is 14.5. The Morgan fingerprint density at radius 3 is 2.67 bits per heavy atom. The molecule has 1 aromatic heterocycles. The third-order valence-electron chi connectivity index (χ3n) is 3.52. The fourth-order valence-electron chi connectivity index (χ4n) is 2.27. The first-order chi connectivity index (χ1) is 11.7. The van der Waals surface area contributed by atoms with E-state index < -0.39 is 6.04 Å². The first kappa shape index (κ1) is 15.8. The van der Waals surface area contributed by atoms with E-state index in [1.165, 1.54) is 0 Å². The highest BCUT2D eigenvalue weighted by atomic mass is 16.2. The van der Waals surface area contributed by atoms with Crippen LogP contribution in [0.25, 0.3) is 11.0 Å². The summed E-state index contributed by atoms with van der Waals surface area (Å²) in [6.07, 6.45) is 5.30. The number of carbonyl (C=O) groups excluding carboxylic acids is 1. The molecule has 0 spiro atoms. The molecule has 3 aromatic rings. The number of hydrogen-bond acceptors (Lipinski definition) is 5. The van der Waals surface area contributed by atoms with Gasteiger partial charge in [-0.05, 0) is 29.7 Å². The van der Waals surface area contributed by atoms with Gasteiger partial charge in [0.2, 0.25) is 0 Å². The van der Waals surface area contributed by atoms with Gasteiger partial charge in [-0.1, -0.05) is 36.4 Å². The SMILES string of the molecule is NC(Cc1ccccc1)C(=O)NN=Cc1ccc2nccnc2c1. The number of nitrogens with zero attached hydrogens (tertiary/aromatic N) is 3. The first-order valence-corrected chi connectivity index (χ1v) is 7.55. The monoisotopic (exact) mass is 319 g/mol. The Hall–Kier alpha value is -3.12. The van der Waals surface area contributed by atoms with E-state index in [-0.39, 0.29) is 5.91 Å². The molecule has 120 valence electrons. The van der Waals surface area contributed by atoms with Gasteiger partial charge in [-0.25, -0.2) is 5.43 Å². The zero-order valence-electron chi connectivity index (χ0n) is 13.0. The maximum atomic E-state index is 12.0. The van der Waals surface area contributed by atoms with Gasteiger partial charge < -0.3 is 5.73 Å². The number of fused-ring (bicyclic) bond motifs is 1. The number of aromatic nitrogens is 2. The Morgan fingerprint density at radius 1 is 1.12 bits per heavy atom. The summed E-state index contributed by atoms with van der Waals surface area (Å²) in [6.45, 7) is 0. The van der Waals surface area contributed by atoms with Crippen LogP contribution in [0.2, 0.25) is 0 Å². The molecule has 0 saturated heterocycles. The predicted octanol–water partition coefficient (Wildman–Crippen LogP) is 1.65. The molecule has 6 heteroatoms. The summed E-state index contributed by atoms with van der Waals surface area (Å²) in [7, 11) is 0. The molecule has 0 aliphatic carbocycles. The highest BCUT2D eigenvalue weighted by Gasteiger charge is 2.12. The number of nitrogens with one attached hydrogen (secondary N) is 1. The predicted molar refractivity (Wildman–Crippen MR) is 93.4 cm³/mol. The Bertz CT molecular complexity index is 863. The number of nitrogens with two attached hydrogens (primary N) is 1. The van der Waals surface area contributed by atoms with E-state index >= 15 is 0 Å². The highest BCUT2D eigenvalue weighted by Crippen LogP contribution is 2.09. The topological polar surface area (TPSA) is 93.3 Å². The zero-order valence-corrected chi connectivity index (χ0v) is 13.0. The summed E-state index contributed by atoms with van der Waals surface area (Å²) in [4.78, 5) is 20.4. The third-order valence-corrected chi connectivity index (χ3v) is 3.52. The highest BCUT2D eigenvalue weighted by molar-refractivity contribution is 5.88. The lowest BCUT2D eigenvalue weighted by molar-refractivity contribution is -0.122. The van der Waals surface area contributed by atoms with Crippen LogP contribution in [-0.4, -0.2) is 28.1 Å². The van der Waals surface area contributed by atoms with Crippen molar-refractivity contribution in [1.82, 2.24) is 15.4 Å². The molecule has 0 radical (unpaired) electrons. The molecular weight excluding hydrogens is 302 g/mol. The van der Waals surface area contributed by atoms with Crippen molar-refractivity contribution < 1.29 is 4.79 Å². The van der Waals surface area contributed by atoms with Crippen molar-refractivity contribution in [2.75, 3.05) is 0 Å². The molecule has 1 amide bonds. The number of hydrazone groups is 1. The van der Waals surface area contributed by atoms with Crippen LogP contribution in [0.5, 0.6) is 0 Å². The summed E-state index contributed by atoms with van der Waals surface area (Å²) < 4.78 is 0. The van der Waals surface area contributed by atoms with Crippen LogP contribution in [-0.2, 0) is 11.2 Å². The number of amides is 1. The van der Waals surface area contributed by atoms with Crippen LogP contribution in [0.15, 0.2) is 66.0 Å². The Labute approximate surface area is 139 Å². The maximum absolute atomic E-state index is 12.0. The third kappa shape index (κ3) is 3.99. The average Bonchev–Trinajstić information content (AvgIpc) is 2.62. The number of hydrogen-bond donors (Lipinski definition) is 2. The molecule has 3 rings (SSSR count). The molecule has 2 aromatic carbocycles.